The number of aryl methyl sites for hydroxylation is 1. The van der Waals surface area contributed by atoms with Crippen molar-refractivity contribution in [3.8, 4) is 6.07 Å². The molecule has 0 fully saturated rings. The zero-order valence-electron chi connectivity index (χ0n) is 10.0. The highest BCUT2D eigenvalue weighted by molar-refractivity contribution is 7.89. The van der Waals surface area contributed by atoms with Gasteiger partial charge in [0.2, 0.25) is 10.0 Å². The van der Waals surface area contributed by atoms with Gasteiger partial charge in [-0.05, 0) is 24.6 Å². The Bertz CT molecular complexity index is 518. The van der Waals surface area contributed by atoms with Gasteiger partial charge in [0.05, 0.1) is 11.0 Å². The van der Waals surface area contributed by atoms with Crippen molar-refractivity contribution in [2.75, 3.05) is 13.1 Å². The van der Waals surface area contributed by atoms with Crippen molar-refractivity contribution < 1.29 is 8.42 Å². The number of rotatable bonds is 5. The second-order valence-electron chi connectivity index (χ2n) is 3.72. The van der Waals surface area contributed by atoms with Crippen molar-refractivity contribution in [2.24, 2.45) is 0 Å². The van der Waals surface area contributed by atoms with Crippen LogP contribution in [0.3, 0.4) is 0 Å². The van der Waals surface area contributed by atoms with E-state index in [2.05, 4.69) is 0 Å². The first kappa shape index (κ1) is 13.7. The van der Waals surface area contributed by atoms with E-state index in [4.69, 9.17) is 5.26 Å². The second-order valence-corrected chi connectivity index (χ2v) is 5.66. The summed E-state index contributed by atoms with van der Waals surface area (Å²) in [5.41, 5.74) is 0.905. The summed E-state index contributed by atoms with van der Waals surface area (Å²) in [5, 5.41) is 8.52. The van der Waals surface area contributed by atoms with E-state index in [1.807, 2.05) is 19.1 Å². The molecule has 1 aromatic rings. The number of sulfonamides is 1. The maximum Gasteiger partial charge on any atom is 0.243 e. The van der Waals surface area contributed by atoms with Crippen molar-refractivity contribution in [2.45, 2.75) is 25.2 Å². The van der Waals surface area contributed by atoms with Gasteiger partial charge < -0.3 is 0 Å². The number of hydrogen-bond donors (Lipinski definition) is 0. The summed E-state index contributed by atoms with van der Waals surface area (Å²) in [5.74, 6) is 0. The molecular weight excluding hydrogens is 236 g/mol. The Kier molecular flexibility index (Phi) is 4.67. The molecule has 0 aliphatic carbocycles. The Morgan fingerprint density at radius 1 is 1.41 bits per heavy atom. The van der Waals surface area contributed by atoms with Crippen molar-refractivity contribution in [3.63, 3.8) is 0 Å². The van der Waals surface area contributed by atoms with Crippen molar-refractivity contribution in [1.29, 1.82) is 5.26 Å². The molecular formula is C12H16N2O2S. The van der Waals surface area contributed by atoms with Gasteiger partial charge in [-0.15, -0.1) is 0 Å². The fraction of sp³-hybridized carbons (Fsp3) is 0.417. The summed E-state index contributed by atoms with van der Waals surface area (Å²) in [6.07, 6.45) is 0.207. The molecule has 0 saturated heterocycles. The third kappa shape index (κ3) is 3.29. The molecule has 5 heteroatoms. The molecule has 0 aliphatic rings. The van der Waals surface area contributed by atoms with E-state index in [0.29, 0.717) is 6.54 Å². The predicted molar refractivity (Wildman–Crippen MR) is 65.8 cm³/mol. The Morgan fingerprint density at radius 3 is 2.65 bits per heavy atom. The molecule has 0 unspecified atom stereocenters. The zero-order valence-corrected chi connectivity index (χ0v) is 10.9. The summed E-state index contributed by atoms with van der Waals surface area (Å²) < 4.78 is 25.8. The van der Waals surface area contributed by atoms with Crippen LogP contribution in [0.5, 0.6) is 0 Å². The van der Waals surface area contributed by atoms with E-state index < -0.39 is 10.0 Å². The minimum Gasteiger partial charge on any atom is -0.207 e. The topological polar surface area (TPSA) is 61.2 Å². The molecule has 0 heterocycles. The van der Waals surface area contributed by atoms with Crippen LogP contribution in [0.25, 0.3) is 0 Å². The average Bonchev–Trinajstić information content (AvgIpc) is 2.30. The number of nitrogens with zero attached hydrogens (tertiary/aromatic N) is 2. The maximum absolute atomic E-state index is 12.2. The van der Waals surface area contributed by atoms with Crippen LogP contribution in [0.1, 0.15) is 18.9 Å². The van der Waals surface area contributed by atoms with Crippen LogP contribution in [0.4, 0.5) is 0 Å². The first-order valence-electron chi connectivity index (χ1n) is 5.46. The Hall–Kier alpha value is -1.38. The summed E-state index contributed by atoms with van der Waals surface area (Å²) in [6.45, 7) is 4.23. The largest absolute Gasteiger partial charge is 0.243 e. The number of benzene rings is 1. The van der Waals surface area contributed by atoms with E-state index >= 15 is 0 Å². The fourth-order valence-electron chi connectivity index (χ4n) is 1.55. The number of nitriles is 1. The molecule has 0 radical (unpaired) electrons. The molecule has 0 aliphatic heterocycles. The van der Waals surface area contributed by atoms with Crippen molar-refractivity contribution in [3.05, 3.63) is 29.8 Å². The minimum absolute atomic E-state index is 0.207. The molecule has 0 spiro atoms. The smallest absolute Gasteiger partial charge is 0.207 e. The molecule has 0 N–H and O–H groups in total. The van der Waals surface area contributed by atoms with Crippen LogP contribution in [0, 0.1) is 18.3 Å². The molecule has 0 aromatic heterocycles. The summed E-state index contributed by atoms with van der Waals surface area (Å²) in [4.78, 5) is 0.289. The molecule has 4 nitrogen and oxygen atoms in total. The third-order valence-corrected chi connectivity index (χ3v) is 4.42. The predicted octanol–water partition coefficient (Wildman–Crippen LogP) is 1.92. The Balaban J connectivity index is 3.05. The molecule has 92 valence electrons. The quantitative estimate of drug-likeness (QED) is 0.804. The average molecular weight is 252 g/mol. The first-order chi connectivity index (χ1) is 8.02. The minimum atomic E-state index is -3.46. The van der Waals surface area contributed by atoms with Gasteiger partial charge in [-0.2, -0.15) is 9.57 Å². The maximum atomic E-state index is 12.2. The molecule has 0 saturated carbocycles. The lowest BCUT2D eigenvalue weighted by molar-refractivity contribution is 0.435. The third-order valence-electron chi connectivity index (χ3n) is 2.45. The van der Waals surface area contributed by atoms with Gasteiger partial charge in [-0.3, -0.25) is 0 Å². The van der Waals surface area contributed by atoms with Gasteiger partial charge in [-0.1, -0.05) is 19.1 Å². The van der Waals surface area contributed by atoms with Crippen molar-refractivity contribution >= 4 is 10.0 Å². The highest BCUT2D eigenvalue weighted by Crippen LogP contribution is 2.16. The van der Waals surface area contributed by atoms with Gasteiger partial charge in [0.1, 0.15) is 0 Å². The van der Waals surface area contributed by atoms with Gasteiger partial charge in [0, 0.05) is 19.5 Å². The zero-order chi connectivity index (χ0) is 12.9. The van der Waals surface area contributed by atoms with Gasteiger partial charge in [0.15, 0.2) is 0 Å². The molecule has 1 aromatic carbocycles. The van der Waals surface area contributed by atoms with E-state index in [1.54, 1.807) is 25.1 Å². The van der Waals surface area contributed by atoms with Gasteiger partial charge in [-0.25, -0.2) is 8.42 Å². The molecule has 17 heavy (non-hydrogen) atoms. The van der Waals surface area contributed by atoms with Crippen LogP contribution in [0.15, 0.2) is 29.2 Å². The van der Waals surface area contributed by atoms with E-state index in [9.17, 15) is 8.42 Å². The highest BCUT2D eigenvalue weighted by atomic mass is 32.2. The van der Waals surface area contributed by atoms with Crippen molar-refractivity contribution in [1.82, 2.24) is 4.31 Å². The lowest BCUT2D eigenvalue weighted by Crippen LogP contribution is -2.31. The van der Waals surface area contributed by atoms with E-state index in [1.165, 1.54) is 4.31 Å². The van der Waals surface area contributed by atoms with Gasteiger partial charge in [0.25, 0.3) is 0 Å². The first-order valence-corrected chi connectivity index (χ1v) is 6.90. The second kappa shape index (κ2) is 5.80. The standard InChI is InChI=1S/C12H16N2O2S/c1-3-14(9-5-8-13)17(15,16)12-7-4-6-11(2)10-12/h4,6-7,10H,3,5,9H2,1-2H3. The Morgan fingerprint density at radius 2 is 2.12 bits per heavy atom. The Labute approximate surface area is 103 Å². The normalized spacial score (nSPS) is 11.4. The molecule has 0 atom stereocenters. The fourth-order valence-corrected chi connectivity index (χ4v) is 3.10. The van der Waals surface area contributed by atoms with Crippen LogP contribution in [-0.2, 0) is 10.0 Å². The molecule has 1 rings (SSSR count). The van der Waals surface area contributed by atoms with Gasteiger partial charge >= 0.3 is 0 Å². The molecule has 0 bridgehead atoms. The number of hydrogen-bond acceptors (Lipinski definition) is 3. The monoisotopic (exact) mass is 252 g/mol. The molecule has 0 amide bonds. The summed E-state index contributed by atoms with van der Waals surface area (Å²) in [7, 11) is -3.46. The SMILES string of the molecule is CCN(CCC#N)S(=O)(=O)c1cccc(C)c1. The van der Waals surface area contributed by atoms with Crippen LogP contribution < -0.4 is 0 Å². The highest BCUT2D eigenvalue weighted by Gasteiger charge is 2.22. The van der Waals surface area contributed by atoms with Crippen LogP contribution in [-0.4, -0.2) is 25.8 Å². The van der Waals surface area contributed by atoms with Crippen LogP contribution in [0.2, 0.25) is 0 Å². The lowest BCUT2D eigenvalue weighted by Gasteiger charge is -2.19. The van der Waals surface area contributed by atoms with Crippen LogP contribution >= 0.6 is 0 Å². The summed E-state index contributed by atoms with van der Waals surface area (Å²) >= 11 is 0. The lowest BCUT2D eigenvalue weighted by atomic mass is 10.2. The van der Waals surface area contributed by atoms with E-state index in [0.717, 1.165) is 5.56 Å². The summed E-state index contributed by atoms with van der Waals surface area (Å²) in [6, 6.07) is 8.76. The van der Waals surface area contributed by atoms with E-state index in [-0.39, 0.29) is 17.9 Å².